The van der Waals surface area contributed by atoms with E-state index in [4.69, 9.17) is 4.74 Å². The molecular weight excluding hydrogens is 445 g/mol. The number of nitrogens with one attached hydrogen (secondary N) is 1. The molecule has 0 spiro atoms. The fraction of sp³-hybridized carbons (Fsp3) is 0.379. The van der Waals surface area contributed by atoms with E-state index in [9.17, 15) is 9.50 Å². The van der Waals surface area contributed by atoms with E-state index in [-0.39, 0.29) is 5.82 Å². The molecule has 2 N–H and O–H groups in total. The summed E-state index contributed by atoms with van der Waals surface area (Å²) < 4.78 is 19.7. The number of anilines is 1. The number of aryl methyl sites for hydroxylation is 3. The van der Waals surface area contributed by atoms with Gasteiger partial charge in [-0.15, -0.1) is 0 Å². The second kappa shape index (κ2) is 10.0. The SMILES string of the molecule is Cc1cc(OCC2(O)CCSCC2)cc2c1-c1cc(CNc3cccc(F)c3)ccc1CCC2. The van der Waals surface area contributed by atoms with Crippen LogP contribution >= 0.6 is 11.8 Å². The predicted octanol–water partition coefficient (Wildman–Crippen LogP) is 6.54. The lowest BCUT2D eigenvalue weighted by Gasteiger charge is -2.31. The largest absolute Gasteiger partial charge is 0.491 e. The van der Waals surface area contributed by atoms with Crippen molar-refractivity contribution in [2.75, 3.05) is 23.4 Å². The fourth-order valence-corrected chi connectivity index (χ4v) is 6.31. The van der Waals surface area contributed by atoms with E-state index in [1.807, 2.05) is 17.8 Å². The minimum absolute atomic E-state index is 0.232. The number of ether oxygens (including phenoxy) is 1. The Morgan fingerprint density at radius 2 is 1.85 bits per heavy atom. The van der Waals surface area contributed by atoms with Crippen molar-refractivity contribution in [1.29, 1.82) is 0 Å². The van der Waals surface area contributed by atoms with Crippen molar-refractivity contribution in [2.45, 2.75) is 51.2 Å². The average Bonchev–Trinajstić information content (AvgIpc) is 3.01. The number of fused-ring (bicyclic) bond motifs is 3. The molecule has 2 aliphatic rings. The summed E-state index contributed by atoms with van der Waals surface area (Å²) >= 11 is 1.90. The highest BCUT2D eigenvalue weighted by Gasteiger charge is 2.30. The molecule has 0 saturated carbocycles. The Bertz CT molecular complexity index is 1170. The van der Waals surface area contributed by atoms with Gasteiger partial charge in [-0.25, -0.2) is 4.39 Å². The zero-order valence-electron chi connectivity index (χ0n) is 19.7. The lowest BCUT2D eigenvalue weighted by atomic mass is 9.91. The summed E-state index contributed by atoms with van der Waals surface area (Å²) in [5, 5.41) is 14.2. The first-order chi connectivity index (χ1) is 16.5. The summed E-state index contributed by atoms with van der Waals surface area (Å²) in [6.07, 6.45) is 4.75. The molecule has 1 aliphatic carbocycles. The number of rotatable bonds is 6. The quantitative estimate of drug-likeness (QED) is 0.423. The molecule has 178 valence electrons. The van der Waals surface area contributed by atoms with Gasteiger partial charge < -0.3 is 15.2 Å². The van der Waals surface area contributed by atoms with Crippen LogP contribution in [0.3, 0.4) is 0 Å². The predicted molar refractivity (Wildman–Crippen MR) is 139 cm³/mol. The van der Waals surface area contributed by atoms with E-state index in [1.165, 1.54) is 45.5 Å². The third-order valence-electron chi connectivity index (χ3n) is 6.98. The number of hydrogen-bond donors (Lipinski definition) is 2. The number of benzene rings is 3. The first-order valence-corrected chi connectivity index (χ1v) is 13.3. The molecule has 3 aromatic rings. The van der Waals surface area contributed by atoms with Crippen molar-refractivity contribution in [2.24, 2.45) is 0 Å². The molecule has 0 bridgehead atoms. The van der Waals surface area contributed by atoms with Gasteiger partial charge in [0.25, 0.3) is 0 Å². The molecule has 3 aromatic carbocycles. The average molecular weight is 478 g/mol. The summed E-state index contributed by atoms with van der Waals surface area (Å²) in [4.78, 5) is 0. The molecule has 1 heterocycles. The van der Waals surface area contributed by atoms with Gasteiger partial charge in [0.1, 0.15) is 23.8 Å². The summed E-state index contributed by atoms with van der Waals surface area (Å²) in [6, 6.07) is 17.6. The normalized spacial score (nSPS) is 16.8. The minimum Gasteiger partial charge on any atom is -0.491 e. The van der Waals surface area contributed by atoms with Gasteiger partial charge in [-0.05, 0) is 120 Å². The molecule has 1 fully saturated rings. The van der Waals surface area contributed by atoms with Crippen LogP contribution in [0.15, 0.2) is 54.6 Å². The molecule has 1 aliphatic heterocycles. The smallest absolute Gasteiger partial charge is 0.125 e. The molecular formula is C29H32FNO2S. The summed E-state index contributed by atoms with van der Waals surface area (Å²) in [6.45, 7) is 3.16. The third kappa shape index (κ3) is 5.26. The van der Waals surface area contributed by atoms with E-state index >= 15 is 0 Å². The van der Waals surface area contributed by atoms with E-state index in [1.54, 1.807) is 6.07 Å². The molecule has 0 aromatic heterocycles. The van der Waals surface area contributed by atoms with Crippen molar-refractivity contribution in [3.63, 3.8) is 0 Å². The Morgan fingerprint density at radius 1 is 1.03 bits per heavy atom. The highest BCUT2D eigenvalue weighted by Crippen LogP contribution is 2.38. The van der Waals surface area contributed by atoms with Crippen molar-refractivity contribution < 1.29 is 14.2 Å². The van der Waals surface area contributed by atoms with Gasteiger partial charge in [-0.1, -0.05) is 18.2 Å². The number of thioether (sulfide) groups is 1. The van der Waals surface area contributed by atoms with E-state index < -0.39 is 5.60 Å². The molecule has 3 nitrogen and oxygen atoms in total. The lowest BCUT2D eigenvalue weighted by Crippen LogP contribution is -2.39. The van der Waals surface area contributed by atoms with Crippen LogP contribution in [-0.2, 0) is 19.4 Å². The van der Waals surface area contributed by atoms with E-state index in [2.05, 4.69) is 42.6 Å². The minimum atomic E-state index is -0.706. The third-order valence-corrected chi connectivity index (χ3v) is 7.96. The summed E-state index contributed by atoms with van der Waals surface area (Å²) in [5.41, 5.74) is 7.74. The Labute approximate surface area is 205 Å². The Kier molecular flexibility index (Phi) is 6.84. The Morgan fingerprint density at radius 3 is 2.68 bits per heavy atom. The van der Waals surface area contributed by atoms with Gasteiger partial charge in [-0.3, -0.25) is 0 Å². The first-order valence-electron chi connectivity index (χ1n) is 12.2. The van der Waals surface area contributed by atoms with Crippen molar-refractivity contribution in [1.82, 2.24) is 0 Å². The van der Waals surface area contributed by atoms with Gasteiger partial charge in [0.2, 0.25) is 0 Å². The van der Waals surface area contributed by atoms with Crippen LogP contribution in [0.1, 0.15) is 41.5 Å². The van der Waals surface area contributed by atoms with Crippen LogP contribution in [0.25, 0.3) is 11.1 Å². The Balaban J connectivity index is 1.38. The maximum atomic E-state index is 13.5. The standard InChI is InChI=1S/C29H32FNO2S/c1-20-14-26(33-19-29(32)10-12-34-13-11-29)16-23-5-2-4-22-9-8-21(15-27(22)28(20)23)18-31-25-7-3-6-24(30)17-25/h3,6-9,14-17,31-32H,2,4-5,10-13,18-19H2,1H3. The molecule has 0 radical (unpaired) electrons. The molecule has 34 heavy (non-hydrogen) atoms. The van der Waals surface area contributed by atoms with E-state index in [0.29, 0.717) is 13.2 Å². The van der Waals surface area contributed by atoms with Crippen molar-refractivity contribution in [3.05, 3.63) is 82.7 Å². The van der Waals surface area contributed by atoms with Gasteiger partial charge in [-0.2, -0.15) is 11.8 Å². The first kappa shape index (κ1) is 23.3. The van der Waals surface area contributed by atoms with Gasteiger partial charge in [0.15, 0.2) is 0 Å². The highest BCUT2D eigenvalue weighted by atomic mass is 32.2. The maximum Gasteiger partial charge on any atom is 0.125 e. The number of aliphatic hydroxyl groups is 1. The molecule has 0 amide bonds. The Hall–Kier alpha value is -2.50. The second-order valence-electron chi connectivity index (χ2n) is 9.61. The van der Waals surface area contributed by atoms with Crippen molar-refractivity contribution >= 4 is 17.4 Å². The van der Waals surface area contributed by atoms with Crippen LogP contribution in [0.5, 0.6) is 5.75 Å². The summed E-state index contributed by atoms with van der Waals surface area (Å²) in [5.74, 6) is 2.62. The molecule has 5 heteroatoms. The number of hydrogen-bond acceptors (Lipinski definition) is 4. The second-order valence-corrected chi connectivity index (χ2v) is 10.8. The van der Waals surface area contributed by atoms with Crippen molar-refractivity contribution in [3.8, 4) is 16.9 Å². The molecule has 5 rings (SSSR count). The molecule has 1 saturated heterocycles. The highest BCUT2D eigenvalue weighted by molar-refractivity contribution is 7.99. The van der Waals surface area contributed by atoms with Crippen LogP contribution in [-0.4, -0.2) is 28.8 Å². The molecule has 0 unspecified atom stereocenters. The zero-order valence-corrected chi connectivity index (χ0v) is 20.5. The van der Waals surface area contributed by atoms with Gasteiger partial charge >= 0.3 is 0 Å². The van der Waals surface area contributed by atoms with Crippen LogP contribution in [0, 0.1) is 12.7 Å². The zero-order chi connectivity index (χ0) is 23.5. The van der Waals surface area contributed by atoms with E-state index in [0.717, 1.165) is 55.0 Å². The lowest BCUT2D eigenvalue weighted by molar-refractivity contribution is -0.0116. The van der Waals surface area contributed by atoms with Crippen LogP contribution < -0.4 is 10.1 Å². The fourth-order valence-electron chi connectivity index (χ4n) is 5.06. The summed E-state index contributed by atoms with van der Waals surface area (Å²) in [7, 11) is 0. The maximum absolute atomic E-state index is 13.5. The molecule has 0 atom stereocenters. The monoisotopic (exact) mass is 477 g/mol. The van der Waals surface area contributed by atoms with Crippen LogP contribution in [0.4, 0.5) is 10.1 Å². The topological polar surface area (TPSA) is 41.5 Å². The van der Waals surface area contributed by atoms with Crippen LogP contribution in [0.2, 0.25) is 0 Å². The van der Waals surface area contributed by atoms with Gasteiger partial charge in [0, 0.05) is 12.2 Å². The number of halogens is 1. The van der Waals surface area contributed by atoms with Gasteiger partial charge in [0.05, 0.1) is 0 Å².